The van der Waals surface area contributed by atoms with E-state index in [-0.39, 0.29) is 11.9 Å². The average molecular weight is 271 g/mol. The van der Waals surface area contributed by atoms with Crippen LogP contribution in [-0.4, -0.2) is 52.6 Å². The molecular formula is C12H21N3O4. The van der Waals surface area contributed by atoms with Gasteiger partial charge in [0.05, 0.1) is 0 Å². The van der Waals surface area contributed by atoms with Gasteiger partial charge in [-0.1, -0.05) is 0 Å². The van der Waals surface area contributed by atoms with E-state index in [1.807, 2.05) is 0 Å². The lowest BCUT2D eigenvalue weighted by atomic mass is 10.0. The van der Waals surface area contributed by atoms with E-state index in [9.17, 15) is 14.4 Å². The zero-order chi connectivity index (χ0) is 14.8. The van der Waals surface area contributed by atoms with Gasteiger partial charge in [-0.2, -0.15) is 0 Å². The third-order valence-electron chi connectivity index (χ3n) is 3.32. The van der Waals surface area contributed by atoms with Crippen molar-refractivity contribution in [2.24, 2.45) is 0 Å². The zero-order valence-electron chi connectivity index (χ0n) is 11.7. The Balaban J connectivity index is 2.53. The molecule has 1 saturated carbocycles. The summed E-state index contributed by atoms with van der Waals surface area (Å²) in [5.74, 6) is -1.36. The number of hydrogen-bond donors (Lipinski definition) is 3. The fraction of sp³-hybridized carbons (Fsp3) is 0.750. The van der Waals surface area contributed by atoms with Crippen molar-refractivity contribution in [3.8, 4) is 0 Å². The number of aliphatic carboxylic acids is 1. The Morgan fingerprint density at radius 1 is 1.32 bits per heavy atom. The van der Waals surface area contributed by atoms with Gasteiger partial charge in [0.2, 0.25) is 5.91 Å². The Morgan fingerprint density at radius 3 is 2.26 bits per heavy atom. The Hall–Kier alpha value is -1.79. The summed E-state index contributed by atoms with van der Waals surface area (Å²) in [6, 6.07) is -1.06. The van der Waals surface area contributed by atoms with Crippen LogP contribution < -0.4 is 10.6 Å². The van der Waals surface area contributed by atoms with E-state index in [4.69, 9.17) is 5.11 Å². The van der Waals surface area contributed by atoms with Gasteiger partial charge >= 0.3 is 12.0 Å². The number of hydrogen-bond acceptors (Lipinski definition) is 3. The molecule has 0 saturated heterocycles. The molecule has 1 rings (SSSR count). The van der Waals surface area contributed by atoms with Crippen molar-refractivity contribution in [1.29, 1.82) is 0 Å². The molecule has 108 valence electrons. The maximum Gasteiger partial charge on any atom is 0.329 e. The van der Waals surface area contributed by atoms with E-state index in [2.05, 4.69) is 10.6 Å². The van der Waals surface area contributed by atoms with Crippen molar-refractivity contribution >= 4 is 17.9 Å². The van der Waals surface area contributed by atoms with Crippen LogP contribution in [0.4, 0.5) is 4.79 Å². The molecule has 7 nitrogen and oxygen atoms in total. The first-order valence-electron chi connectivity index (χ1n) is 6.24. The predicted octanol–water partition coefficient (Wildman–Crippen LogP) is 0.158. The summed E-state index contributed by atoms with van der Waals surface area (Å²) in [6.45, 7) is 4.41. The van der Waals surface area contributed by atoms with E-state index in [1.54, 1.807) is 6.92 Å². The van der Waals surface area contributed by atoms with Crippen LogP contribution in [0.3, 0.4) is 0 Å². The molecule has 1 unspecified atom stereocenters. The van der Waals surface area contributed by atoms with Crippen molar-refractivity contribution in [2.45, 2.75) is 51.2 Å². The summed E-state index contributed by atoms with van der Waals surface area (Å²) >= 11 is 0. The number of carboxylic acids is 1. The molecule has 1 aliphatic carbocycles. The average Bonchev–Trinajstić information content (AvgIpc) is 3.11. The molecule has 0 aromatic rings. The van der Waals surface area contributed by atoms with Gasteiger partial charge in [0, 0.05) is 13.1 Å². The highest BCUT2D eigenvalue weighted by atomic mass is 16.4. The third kappa shape index (κ3) is 3.84. The summed E-state index contributed by atoms with van der Waals surface area (Å²) in [7, 11) is 1.38. The molecule has 0 aromatic carbocycles. The number of likely N-dealkylation sites (N-methyl/N-ethyl adjacent to an activating group) is 1. The fourth-order valence-corrected chi connectivity index (χ4v) is 1.30. The van der Waals surface area contributed by atoms with Crippen molar-refractivity contribution in [3.63, 3.8) is 0 Å². The Bertz CT molecular complexity index is 390. The number of urea groups is 1. The van der Waals surface area contributed by atoms with Crippen molar-refractivity contribution in [2.75, 3.05) is 7.05 Å². The molecule has 3 N–H and O–H groups in total. The molecule has 0 aliphatic heterocycles. The Labute approximate surface area is 112 Å². The molecule has 0 radical (unpaired) electrons. The number of carbonyl (C=O) groups excluding carboxylic acids is 2. The maximum absolute atomic E-state index is 11.9. The molecule has 0 bridgehead atoms. The molecule has 3 amide bonds. The van der Waals surface area contributed by atoms with Crippen LogP contribution in [0.25, 0.3) is 0 Å². The van der Waals surface area contributed by atoms with E-state index < -0.39 is 23.6 Å². The number of amides is 3. The highest BCUT2D eigenvalue weighted by molar-refractivity contribution is 5.89. The van der Waals surface area contributed by atoms with E-state index in [0.717, 1.165) is 17.7 Å². The molecule has 1 aliphatic rings. The first-order chi connectivity index (χ1) is 8.66. The molecule has 7 heteroatoms. The zero-order valence-corrected chi connectivity index (χ0v) is 11.7. The number of carbonyl (C=O) groups is 3. The van der Waals surface area contributed by atoms with Gasteiger partial charge in [-0.15, -0.1) is 0 Å². The molecule has 0 aromatic heterocycles. The summed E-state index contributed by atoms with van der Waals surface area (Å²) < 4.78 is 0. The quantitative estimate of drug-likeness (QED) is 0.663. The largest absolute Gasteiger partial charge is 0.480 e. The van der Waals surface area contributed by atoms with Gasteiger partial charge in [0.25, 0.3) is 0 Å². The Kier molecular flexibility index (Phi) is 4.39. The smallest absolute Gasteiger partial charge is 0.329 e. The minimum Gasteiger partial charge on any atom is -0.480 e. The van der Waals surface area contributed by atoms with Crippen LogP contribution in [0.1, 0.15) is 33.6 Å². The molecule has 1 atom stereocenters. The highest BCUT2D eigenvalue weighted by Crippen LogP contribution is 2.18. The normalized spacial score (nSPS) is 16.4. The SMILES string of the molecule is CC(NC(=O)N(C)C(C)(C)C(=O)O)C(=O)NC1CC1. The molecule has 0 heterocycles. The van der Waals surface area contributed by atoms with Crippen molar-refractivity contribution < 1.29 is 19.5 Å². The summed E-state index contributed by atoms with van der Waals surface area (Å²) in [4.78, 5) is 35.7. The second kappa shape index (κ2) is 5.46. The van der Waals surface area contributed by atoms with Gasteiger partial charge in [-0.25, -0.2) is 9.59 Å². The minimum atomic E-state index is -1.34. The fourth-order valence-electron chi connectivity index (χ4n) is 1.30. The van der Waals surface area contributed by atoms with Gasteiger partial charge in [-0.3, -0.25) is 4.79 Å². The summed E-state index contributed by atoms with van der Waals surface area (Å²) in [5, 5.41) is 14.3. The number of nitrogens with zero attached hydrogens (tertiary/aromatic N) is 1. The van der Waals surface area contributed by atoms with E-state index in [0.29, 0.717) is 0 Å². The molecule has 1 fully saturated rings. The first kappa shape index (κ1) is 15.3. The maximum atomic E-state index is 11.9. The minimum absolute atomic E-state index is 0.222. The lowest BCUT2D eigenvalue weighted by Gasteiger charge is -2.32. The molecular weight excluding hydrogens is 250 g/mol. The van der Waals surface area contributed by atoms with Gasteiger partial charge in [-0.05, 0) is 33.6 Å². The lowest BCUT2D eigenvalue weighted by molar-refractivity contribution is -0.146. The molecule has 19 heavy (non-hydrogen) atoms. The van der Waals surface area contributed by atoms with Crippen LogP contribution in [0.2, 0.25) is 0 Å². The van der Waals surface area contributed by atoms with Crippen LogP contribution in [0.5, 0.6) is 0 Å². The second-order valence-corrected chi connectivity index (χ2v) is 5.38. The molecule has 0 spiro atoms. The first-order valence-corrected chi connectivity index (χ1v) is 6.24. The van der Waals surface area contributed by atoms with Crippen molar-refractivity contribution in [1.82, 2.24) is 15.5 Å². The van der Waals surface area contributed by atoms with Gasteiger partial charge in [0.15, 0.2) is 0 Å². The second-order valence-electron chi connectivity index (χ2n) is 5.38. The Morgan fingerprint density at radius 2 is 1.84 bits per heavy atom. The van der Waals surface area contributed by atoms with Crippen molar-refractivity contribution in [3.05, 3.63) is 0 Å². The van der Waals surface area contributed by atoms with E-state index in [1.165, 1.54) is 20.9 Å². The van der Waals surface area contributed by atoms with E-state index >= 15 is 0 Å². The predicted molar refractivity (Wildman–Crippen MR) is 68.6 cm³/mol. The number of carboxylic acid groups (broad SMARTS) is 1. The third-order valence-corrected chi connectivity index (χ3v) is 3.32. The van der Waals surface area contributed by atoms with Crippen LogP contribution in [0.15, 0.2) is 0 Å². The van der Waals surface area contributed by atoms with Gasteiger partial charge < -0.3 is 20.6 Å². The standard InChI is InChI=1S/C12H21N3O4/c1-7(9(16)14-8-5-6-8)13-11(19)15(4)12(2,3)10(17)18/h7-8H,5-6H2,1-4H3,(H,13,19)(H,14,16)(H,17,18). The van der Waals surface area contributed by atoms with Crippen LogP contribution in [0, 0.1) is 0 Å². The topological polar surface area (TPSA) is 98.7 Å². The van der Waals surface area contributed by atoms with Crippen LogP contribution in [-0.2, 0) is 9.59 Å². The van der Waals surface area contributed by atoms with Crippen LogP contribution >= 0.6 is 0 Å². The highest BCUT2D eigenvalue weighted by Gasteiger charge is 2.36. The van der Waals surface area contributed by atoms with Gasteiger partial charge in [0.1, 0.15) is 11.6 Å². The number of nitrogens with one attached hydrogen (secondary N) is 2. The number of rotatable bonds is 5. The summed E-state index contributed by atoms with van der Waals surface area (Å²) in [6.07, 6.45) is 1.94. The summed E-state index contributed by atoms with van der Waals surface area (Å²) in [5.41, 5.74) is -1.34. The lowest BCUT2D eigenvalue weighted by Crippen LogP contribution is -2.57. The monoisotopic (exact) mass is 271 g/mol.